The van der Waals surface area contributed by atoms with Crippen LogP contribution in [0.4, 0.5) is 11.6 Å². The van der Waals surface area contributed by atoms with Crippen LogP contribution < -0.4 is 11.1 Å². The van der Waals surface area contributed by atoms with Gasteiger partial charge in [0.05, 0.1) is 12.7 Å². The Labute approximate surface area is 119 Å². The summed E-state index contributed by atoms with van der Waals surface area (Å²) in [7, 11) is 0. The van der Waals surface area contributed by atoms with Gasteiger partial charge < -0.3 is 11.1 Å². The molecule has 2 aromatic rings. The van der Waals surface area contributed by atoms with Crippen molar-refractivity contribution in [2.24, 2.45) is 0 Å². The standard InChI is InChI=1S/C14H22N6/c1-10-8-17-20(9-10)6-5-16-12-7-11(15)18-13(19-12)14(2,3)4/h7-9H,5-6H2,1-4H3,(H3,15,16,18,19). The zero-order valence-corrected chi connectivity index (χ0v) is 12.5. The minimum atomic E-state index is -0.120. The molecule has 0 saturated heterocycles. The Hall–Kier alpha value is -2.11. The molecule has 0 bridgehead atoms. The van der Waals surface area contributed by atoms with E-state index in [1.54, 1.807) is 6.07 Å². The molecule has 0 radical (unpaired) electrons. The summed E-state index contributed by atoms with van der Waals surface area (Å²) < 4.78 is 1.90. The highest BCUT2D eigenvalue weighted by Crippen LogP contribution is 2.21. The summed E-state index contributed by atoms with van der Waals surface area (Å²) in [6.07, 6.45) is 3.86. The van der Waals surface area contributed by atoms with Gasteiger partial charge in [0.2, 0.25) is 0 Å². The van der Waals surface area contributed by atoms with Gasteiger partial charge >= 0.3 is 0 Å². The first-order chi connectivity index (χ1) is 9.34. The summed E-state index contributed by atoms with van der Waals surface area (Å²) in [6.45, 7) is 9.75. The maximum Gasteiger partial charge on any atom is 0.138 e. The van der Waals surface area contributed by atoms with Gasteiger partial charge in [0, 0.05) is 24.2 Å². The molecular formula is C14H22N6. The highest BCUT2D eigenvalue weighted by Gasteiger charge is 2.18. The Morgan fingerprint density at radius 2 is 2.05 bits per heavy atom. The Bertz CT molecular complexity index is 582. The van der Waals surface area contributed by atoms with E-state index >= 15 is 0 Å². The van der Waals surface area contributed by atoms with Crippen molar-refractivity contribution in [3.8, 4) is 0 Å². The van der Waals surface area contributed by atoms with Crippen LogP contribution >= 0.6 is 0 Å². The first kappa shape index (κ1) is 14.3. The van der Waals surface area contributed by atoms with E-state index in [1.807, 2.05) is 24.0 Å². The first-order valence-corrected chi connectivity index (χ1v) is 6.72. The Balaban J connectivity index is 2.00. The van der Waals surface area contributed by atoms with E-state index in [-0.39, 0.29) is 5.41 Å². The zero-order valence-electron chi connectivity index (χ0n) is 12.5. The highest BCUT2D eigenvalue weighted by atomic mass is 15.3. The molecule has 0 aliphatic carbocycles. The predicted molar refractivity (Wildman–Crippen MR) is 80.6 cm³/mol. The lowest BCUT2D eigenvalue weighted by atomic mass is 9.96. The van der Waals surface area contributed by atoms with Crippen LogP contribution in [0.25, 0.3) is 0 Å². The number of nitrogens with two attached hydrogens (primary N) is 1. The maximum atomic E-state index is 5.83. The number of hydrogen-bond acceptors (Lipinski definition) is 5. The summed E-state index contributed by atoms with van der Waals surface area (Å²) in [6, 6.07) is 1.75. The lowest BCUT2D eigenvalue weighted by molar-refractivity contribution is 0.546. The van der Waals surface area contributed by atoms with Crippen LogP contribution in [0.15, 0.2) is 18.5 Å². The van der Waals surface area contributed by atoms with E-state index in [0.717, 1.165) is 30.3 Å². The molecule has 2 aromatic heterocycles. The average molecular weight is 274 g/mol. The van der Waals surface area contributed by atoms with Gasteiger partial charge in [0.25, 0.3) is 0 Å². The van der Waals surface area contributed by atoms with Crippen LogP contribution in [0, 0.1) is 6.92 Å². The molecule has 6 nitrogen and oxygen atoms in total. The fourth-order valence-electron chi connectivity index (χ4n) is 1.78. The second-order valence-corrected chi connectivity index (χ2v) is 5.96. The minimum Gasteiger partial charge on any atom is -0.384 e. The van der Waals surface area contributed by atoms with Crippen LogP contribution in [0.1, 0.15) is 32.2 Å². The smallest absolute Gasteiger partial charge is 0.138 e. The number of hydrogen-bond donors (Lipinski definition) is 2. The van der Waals surface area contributed by atoms with Crippen molar-refractivity contribution in [1.82, 2.24) is 19.7 Å². The maximum absolute atomic E-state index is 5.83. The molecule has 3 N–H and O–H groups in total. The molecule has 0 fully saturated rings. The van der Waals surface area contributed by atoms with Crippen LogP contribution in [0.5, 0.6) is 0 Å². The molecular weight excluding hydrogens is 252 g/mol. The third-order valence-electron chi connectivity index (χ3n) is 2.83. The van der Waals surface area contributed by atoms with E-state index in [2.05, 4.69) is 41.2 Å². The van der Waals surface area contributed by atoms with Gasteiger partial charge in [-0.3, -0.25) is 4.68 Å². The topological polar surface area (TPSA) is 81.7 Å². The molecule has 2 rings (SSSR count). The lowest BCUT2D eigenvalue weighted by Crippen LogP contribution is -2.19. The average Bonchev–Trinajstić information content (AvgIpc) is 2.73. The molecule has 0 aliphatic rings. The first-order valence-electron chi connectivity index (χ1n) is 6.72. The molecule has 0 atom stereocenters. The van der Waals surface area contributed by atoms with Gasteiger partial charge in [-0.15, -0.1) is 0 Å². The van der Waals surface area contributed by atoms with Crippen molar-refractivity contribution < 1.29 is 0 Å². The summed E-state index contributed by atoms with van der Waals surface area (Å²) in [5.41, 5.74) is 6.87. The summed E-state index contributed by atoms with van der Waals surface area (Å²) in [5.74, 6) is 1.99. The summed E-state index contributed by atoms with van der Waals surface area (Å²) in [4.78, 5) is 8.79. The molecule has 2 heterocycles. The van der Waals surface area contributed by atoms with Gasteiger partial charge in [-0.1, -0.05) is 20.8 Å². The molecule has 108 valence electrons. The normalized spacial score (nSPS) is 11.6. The van der Waals surface area contributed by atoms with Crippen molar-refractivity contribution in [3.63, 3.8) is 0 Å². The fraction of sp³-hybridized carbons (Fsp3) is 0.500. The van der Waals surface area contributed by atoms with Gasteiger partial charge in [-0.25, -0.2) is 9.97 Å². The van der Waals surface area contributed by atoms with Crippen LogP contribution in [0.3, 0.4) is 0 Å². The zero-order chi connectivity index (χ0) is 14.8. The van der Waals surface area contributed by atoms with Gasteiger partial charge in [-0.05, 0) is 12.5 Å². The molecule has 0 aromatic carbocycles. The van der Waals surface area contributed by atoms with Crippen molar-refractivity contribution in [2.45, 2.75) is 39.7 Å². The Morgan fingerprint density at radius 1 is 1.30 bits per heavy atom. The number of nitrogens with zero attached hydrogens (tertiary/aromatic N) is 4. The van der Waals surface area contributed by atoms with Crippen molar-refractivity contribution >= 4 is 11.6 Å². The van der Waals surface area contributed by atoms with E-state index < -0.39 is 0 Å². The molecule has 0 amide bonds. The largest absolute Gasteiger partial charge is 0.384 e. The van der Waals surface area contributed by atoms with Crippen LogP contribution in [-0.2, 0) is 12.0 Å². The van der Waals surface area contributed by atoms with Gasteiger partial charge in [-0.2, -0.15) is 5.10 Å². The Morgan fingerprint density at radius 3 is 2.65 bits per heavy atom. The molecule has 0 saturated carbocycles. The van der Waals surface area contributed by atoms with E-state index in [1.165, 1.54) is 0 Å². The Kier molecular flexibility index (Phi) is 3.92. The minimum absolute atomic E-state index is 0.120. The van der Waals surface area contributed by atoms with E-state index in [9.17, 15) is 0 Å². The monoisotopic (exact) mass is 274 g/mol. The number of anilines is 2. The van der Waals surface area contributed by atoms with Crippen molar-refractivity contribution in [1.29, 1.82) is 0 Å². The number of aryl methyl sites for hydroxylation is 1. The van der Waals surface area contributed by atoms with E-state index in [4.69, 9.17) is 5.73 Å². The molecule has 0 aliphatic heterocycles. The van der Waals surface area contributed by atoms with Crippen molar-refractivity contribution in [3.05, 3.63) is 29.8 Å². The number of aromatic nitrogens is 4. The second-order valence-electron chi connectivity index (χ2n) is 5.96. The summed E-state index contributed by atoms with van der Waals surface area (Å²) >= 11 is 0. The lowest BCUT2D eigenvalue weighted by Gasteiger charge is -2.18. The van der Waals surface area contributed by atoms with Gasteiger partial charge in [0.15, 0.2) is 0 Å². The van der Waals surface area contributed by atoms with Crippen LogP contribution in [-0.4, -0.2) is 26.3 Å². The van der Waals surface area contributed by atoms with Crippen molar-refractivity contribution in [2.75, 3.05) is 17.6 Å². The molecule has 0 unspecified atom stereocenters. The SMILES string of the molecule is Cc1cnn(CCNc2cc(N)nc(C(C)(C)C)n2)c1. The quantitative estimate of drug-likeness (QED) is 0.891. The van der Waals surface area contributed by atoms with Crippen LogP contribution in [0.2, 0.25) is 0 Å². The molecule has 20 heavy (non-hydrogen) atoms. The number of nitrogens with one attached hydrogen (secondary N) is 1. The van der Waals surface area contributed by atoms with Gasteiger partial charge in [0.1, 0.15) is 17.5 Å². The van der Waals surface area contributed by atoms with E-state index in [0.29, 0.717) is 5.82 Å². The molecule has 6 heteroatoms. The fourth-order valence-corrected chi connectivity index (χ4v) is 1.78. The summed E-state index contributed by atoms with van der Waals surface area (Å²) in [5, 5.41) is 7.50. The molecule has 0 spiro atoms. The highest BCUT2D eigenvalue weighted by molar-refractivity contribution is 5.45. The number of nitrogen functional groups attached to an aromatic ring is 1. The number of rotatable bonds is 4. The third kappa shape index (κ3) is 3.69. The predicted octanol–water partition coefficient (Wildman–Crippen LogP) is 1.97. The third-order valence-corrected chi connectivity index (χ3v) is 2.83. The second kappa shape index (κ2) is 5.48.